The minimum Gasteiger partial charge on any atom is -0.497 e. The highest BCUT2D eigenvalue weighted by Crippen LogP contribution is 2.37. The number of methoxy groups -OCH3 is 1. The van der Waals surface area contributed by atoms with Crippen LogP contribution in [0.3, 0.4) is 0 Å². The molecule has 0 bridgehead atoms. The van der Waals surface area contributed by atoms with E-state index in [1.54, 1.807) is 31.4 Å². The smallest absolute Gasteiger partial charge is 0.211 e. The second kappa shape index (κ2) is 28.1. The fourth-order valence-electron chi connectivity index (χ4n) is 9.09. The van der Waals surface area contributed by atoms with Crippen molar-refractivity contribution in [2.45, 2.75) is 101 Å². The van der Waals surface area contributed by atoms with Gasteiger partial charge in [-0.1, -0.05) is 187 Å². The van der Waals surface area contributed by atoms with Gasteiger partial charge in [0.2, 0.25) is 6.29 Å². The van der Waals surface area contributed by atoms with E-state index in [9.17, 15) is 5.53 Å². The van der Waals surface area contributed by atoms with Crippen LogP contribution in [0.1, 0.15) is 33.4 Å². The lowest BCUT2D eigenvalue weighted by Crippen LogP contribution is -2.66. The zero-order valence-electron chi connectivity index (χ0n) is 41.9. The van der Waals surface area contributed by atoms with Crippen molar-refractivity contribution in [1.82, 2.24) is 0 Å². The lowest BCUT2D eigenvalue weighted by molar-refractivity contribution is -0.361. The second-order valence-corrected chi connectivity index (χ2v) is 18.2. The predicted molar refractivity (Wildman–Crippen MR) is 281 cm³/mol. The molecule has 388 valence electrons. The van der Waals surface area contributed by atoms with E-state index in [2.05, 4.69) is 10.0 Å². The molecular weight excluding hydrogens is 951 g/mol. The lowest BCUT2D eigenvalue weighted by atomic mass is 9.95. The van der Waals surface area contributed by atoms with Crippen LogP contribution in [0.25, 0.3) is 10.4 Å². The van der Waals surface area contributed by atoms with Gasteiger partial charge in [0, 0.05) is 4.91 Å². The quantitative estimate of drug-likeness (QED) is 0.0290. The molecule has 14 nitrogen and oxygen atoms in total. The SMILES string of the molecule is COc1ccc(O[C@H]2O[C@H](COCc3ccccc3)[C@@H](O[C@H]3O[C@H](COCc4ccccc4)[C@@H](OCc4ccccc4)[C@H](OCc4ccccc4)[C@H]3OCc3ccccc3)[C@H](OCc3ccccc3)[C@H]2N=[N+]=[N-])cc1. The Bertz CT molecular complexity index is 2750. The van der Waals surface area contributed by atoms with Crippen LogP contribution in [0.4, 0.5) is 0 Å². The molecule has 7 aromatic carbocycles. The van der Waals surface area contributed by atoms with Gasteiger partial charge >= 0.3 is 0 Å². The first kappa shape index (κ1) is 52.9. The van der Waals surface area contributed by atoms with E-state index in [1.165, 1.54) is 0 Å². The molecule has 0 spiro atoms. The summed E-state index contributed by atoms with van der Waals surface area (Å²) in [5.74, 6) is 1.09. The Morgan fingerprint density at radius 3 is 1.19 bits per heavy atom. The van der Waals surface area contributed by atoms with Gasteiger partial charge in [0.1, 0.15) is 60.3 Å². The van der Waals surface area contributed by atoms with Gasteiger partial charge < -0.3 is 52.1 Å². The van der Waals surface area contributed by atoms with Gasteiger partial charge in [-0.3, -0.25) is 0 Å². The second-order valence-electron chi connectivity index (χ2n) is 18.2. The van der Waals surface area contributed by atoms with Crippen LogP contribution >= 0.6 is 0 Å². The lowest BCUT2D eigenvalue weighted by Gasteiger charge is -2.49. The molecule has 0 saturated carbocycles. The normalized spacial score (nSPS) is 23.4. The van der Waals surface area contributed by atoms with Crippen molar-refractivity contribution in [3.63, 3.8) is 0 Å². The predicted octanol–water partition coefficient (Wildman–Crippen LogP) is 11.4. The minimum atomic E-state index is -1.18. The number of hydrogen-bond donors (Lipinski definition) is 0. The average Bonchev–Trinajstić information content (AvgIpc) is 3.47. The topological polar surface area (TPSA) is 150 Å². The standard InChI is InChI=1S/C61H63N3O11/c1-65-50-32-34-51(35-33-50)72-60-54(63-64-62)57(69-39-47-26-14-5-15-27-47)56(53(73-60)43-67-37-45-22-10-3-11-23-45)75-61-59(71-41-49-30-18-7-19-31-49)58(70-40-48-28-16-6-17-29-48)55(68-38-46-24-12-4-13-25-46)52(74-61)42-66-36-44-20-8-2-9-21-44/h2-35,52-61H,36-43H2,1H3/t52-,53-,54-,55-,56-,57-,58+,59-,60+,61-/m1/s1. The van der Waals surface area contributed by atoms with Crippen LogP contribution in [0.15, 0.2) is 211 Å². The average molecular weight is 1010 g/mol. The number of azide groups is 1. The van der Waals surface area contributed by atoms with E-state index in [1.807, 2.05) is 182 Å². The van der Waals surface area contributed by atoms with E-state index < -0.39 is 61.3 Å². The molecule has 7 aromatic rings. The molecule has 0 radical (unpaired) electrons. The van der Waals surface area contributed by atoms with Crippen molar-refractivity contribution in [2.24, 2.45) is 5.11 Å². The minimum absolute atomic E-state index is 0.0127. The number of hydrogen-bond acceptors (Lipinski definition) is 12. The number of ether oxygens (including phenoxy) is 11. The fourth-order valence-corrected chi connectivity index (χ4v) is 9.09. The van der Waals surface area contributed by atoms with Crippen LogP contribution in [0.2, 0.25) is 0 Å². The van der Waals surface area contributed by atoms with Crippen molar-refractivity contribution >= 4 is 0 Å². The third-order valence-corrected chi connectivity index (χ3v) is 12.9. The number of nitrogens with zero attached hydrogens (tertiary/aromatic N) is 3. The van der Waals surface area contributed by atoms with Crippen molar-refractivity contribution in [3.05, 3.63) is 250 Å². The molecule has 9 rings (SSSR count). The largest absolute Gasteiger partial charge is 0.497 e. The molecule has 0 amide bonds. The summed E-state index contributed by atoms with van der Waals surface area (Å²) in [6, 6.07) is 65.4. The Morgan fingerprint density at radius 1 is 0.400 bits per heavy atom. The van der Waals surface area contributed by atoms with Crippen molar-refractivity contribution in [2.75, 3.05) is 20.3 Å². The van der Waals surface area contributed by atoms with Crippen LogP contribution < -0.4 is 9.47 Å². The van der Waals surface area contributed by atoms with Crippen molar-refractivity contribution in [1.29, 1.82) is 0 Å². The summed E-state index contributed by atoms with van der Waals surface area (Å²) >= 11 is 0. The molecule has 0 unspecified atom stereocenters. The first-order valence-corrected chi connectivity index (χ1v) is 25.3. The molecule has 2 heterocycles. The summed E-state index contributed by atoms with van der Waals surface area (Å²) in [6.07, 6.45) is -8.53. The molecule has 0 N–H and O–H groups in total. The summed E-state index contributed by atoms with van der Waals surface area (Å²) in [6.45, 7) is 1.48. The molecular formula is C61H63N3O11. The van der Waals surface area contributed by atoms with Gasteiger partial charge in [0.25, 0.3) is 0 Å². The first-order valence-electron chi connectivity index (χ1n) is 25.3. The van der Waals surface area contributed by atoms with Gasteiger partial charge in [0.05, 0.1) is 60.0 Å². The van der Waals surface area contributed by atoms with Gasteiger partial charge in [-0.25, -0.2) is 0 Å². The Balaban J connectivity index is 1.12. The van der Waals surface area contributed by atoms with Crippen LogP contribution in [-0.2, 0) is 82.3 Å². The molecule has 2 saturated heterocycles. The molecule has 2 aliphatic rings. The van der Waals surface area contributed by atoms with E-state index in [4.69, 9.17) is 52.1 Å². The third-order valence-electron chi connectivity index (χ3n) is 12.9. The molecule has 14 heteroatoms. The first-order chi connectivity index (χ1) is 37.1. The maximum atomic E-state index is 10.3. The Morgan fingerprint density at radius 2 is 0.760 bits per heavy atom. The maximum absolute atomic E-state index is 10.3. The van der Waals surface area contributed by atoms with Gasteiger partial charge in [-0.2, -0.15) is 0 Å². The monoisotopic (exact) mass is 1010 g/mol. The van der Waals surface area contributed by atoms with Crippen LogP contribution in [-0.4, -0.2) is 81.7 Å². The zero-order chi connectivity index (χ0) is 51.3. The zero-order valence-corrected chi connectivity index (χ0v) is 41.9. The van der Waals surface area contributed by atoms with E-state index in [0.717, 1.165) is 33.4 Å². The van der Waals surface area contributed by atoms with Gasteiger partial charge in [-0.05, 0) is 63.2 Å². The fraction of sp³-hybridized carbons (Fsp3) is 0.311. The molecule has 2 fully saturated rings. The highest BCUT2D eigenvalue weighted by Gasteiger charge is 2.54. The third kappa shape index (κ3) is 15.3. The summed E-state index contributed by atoms with van der Waals surface area (Å²) < 4.78 is 74.5. The van der Waals surface area contributed by atoms with Gasteiger partial charge in [0.15, 0.2) is 6.29 Å². The molecule has 75 heavy (non-hydrogen) atoms. The van der Waals surface area contributed by atoms with Gasteiger partial charge in [-0.15, -0.1) is 0 Å². The number of benzene rings is 7. The summed E-state index contributed by atoms with van der Waals surface area (Å²) in [5, 5.41) is 4.34. The van der Waals surface area contributed by atoms with E-state index in [-0.39, 0.29) is 46.2 Å². The Labute approximate surface area is 438 Å². The maximum Gasteiger partial charge on any atom is 0.211 e. The van der Waals surface area contributed by atoms with Crippen molar-refractivity contribution in [3.8, 4) is 11.5 Å². The molecule has 10 atom stereocenters. The Hall–Kier alpha value is -6.91. The van der Waals surface area contributed by atoms with Crippen molar-refractivity contribution < 1.29 is 52.1 Å². The summed E-state index contributed by atoms with van der Waals surface area (Å²) in [5.41, 5.74) is 16.0. The Kier molecular flexibility index (Phi) is 19.8. The van der Waals surface area contributed by atoms with E-state index in [0.29, 0.717) is 18.1 Å². The van der Waals surface area contributed by atoms with Crippen LogP contribution in [0.5, 0.6) is 11.5 Å². The summed E-state index contributed by atoms with van der Waals surface area (Å²) in [7, 11) is 1.59. The van der Waals surface area contributed by atoms with E-state index >= 15 is 0 Å². The highest BCUT2D eigenvalue weighted by atomic mass is 16.8. The summed E-state index contributed by atoms with van der Waals surface area (Å²) in [4.78, 5) is 3.33. The molecule has 2 aliphatic heterocycles. The number of rotatable bonds is 26. The highest BCUT2D eigenvalue weighted by molar-refractivity contribution is 5.31. The molecule has 0 aromatic heterocycles. The molecule has 0 aliphatic carbocycles. The van der Waals surface area contributed by atoms with Crippen LogP contribution in [0, 0.1) is 0 Å².